The largest absolute Gasteiger partial charge is 0.342 e. The molecule has 2 heterocycles. The van der Waals surface area contributed by atoms with Gasteiger partial charge in [-0.25, -0.2) is 9.78 Å². The van der Waals surface area contributed by atoms with Crippen LogP contribution in [0.25, 0.3) is 11.0 Å². The average molecular weight is 343 g/mol. The fourth-order valence-electron chi connectivity index (χ4n) is 3.12. The van der Waals surface area contributed by atoms with Gasteiger partial charge in [0, 0.05) is 33.1 Å². The summed E-state index contributed by atoms with van der Waals surface area (Å²) >= 11 is 0. The number of carbonyl (C=O) groups excluding carboxylic acids is 2. The van der Waals surface area contributed by atoms with E-state index in [9.17, 15) is 9.59 Å². The number of likely N-dealkylation sites (N-methyl/N-ethyl adjacent to an activating group) is 1. The van der Waals surface area contributed by atoms with E-state index in [0.717, 1.165) is 16.9 Å². The molecule has 3 amide bonds. The first-order valence-electron chi connectivity index (χ1n) is 8.62. The molecule has 2 aromatic rings. The summed E-state index contributed by atoms with van der Waals surface area (Å²) in [7, 11) is 1.76. The van der Waals surface area contributed by atoms with Crippen LogP contribution < -0.4 is 5.32 Å². The summed E-state index contributed by atoms with van der Waals surface area (Å²) in [4.78, 5) is 35.4. The molecule has 3 rings (SSSR count). The van der Waals surface area contributed by atoms with E-state index in [0.29, 0.717) is 26.1 Å². The Bertz CT molecular complexity index is 774. The Morgan fingerprint density at radius 3 is 2.80 bits per heavy atom. The molecule has 1 aliphatic rings. The third kappa shape index (κ3) is 3.45. The zero-order valence-electron chi connectivity index (χ0n) is 15.2. The van der Waals surface area contributed by atoms with E-state index in [-0.39, 0.29) is 11.9 Å². The Balaban J connectivity index is 1.57. The summed E-state index contributed by atoms with van der Waals surface area (Å²) in [5.74, 6) is 0.826. The molecular weight excluding hydrogens is 318 g/mol. The Kier molecular flexibility index (Phi) is 4.65. The zero-order valence-corrected chi connectivity index (χ0v) is 15.2. The van der Waals surface area contributed by atoms with E-state index >= 15 is 0 Å². The van der Waals surface area contributed by atoms with E-state index in [2.05, 4.69) is 41.3 Å². The number of benzene rings is 1. The SMILES string of the molecule is Cc1cc2nc(CCNC(=O)N3CCN(C)C(=O)C3C)[nH]c2cc1C. The molecular formula is C18H25N5O2. The van der Waals surface area contributed by atoms with Crippen LogP contribution in [0, 0.1) is 13.8 Å². The molecule has 0 aliphatic carbocycles. The Hall–Kier alpha value is -2.57. The first kappa shape index (κ1) is 17.3. The number of piperazine rings is 1. The van der Waals surface area contributed by atoms with E-state index < -0.39 is 6.04 Å². The fourth-order valence-corrected chi connectivity index (χ4v) is 3.12. The molecule has 0 bridgehead atoms. The maximum atomic E-state index is 12.3. The lowest BCUT2D eigenvalue weighted by atomic mass is 10.1. The molecule has 7 heteroatoms. The van der Waals surface area contributed by atoms with Crippen LogP contribution in [0.15, 0.2) is 12.1 Å². The van der Waals surface area contributed by atoms with Gasteiger partial charge >= 0.3 is 6.03 Å². The number of hydrogen-bond acceptors (Lipinski definition) is 3. The summed E-state index contributed by atoms with van der Waals surface area (Å²) in [5, 5.41) is 2.89. The topological polar surface area (TPSA) is 81.3 Å². The second-order valence-electron chi connectivity index (χ2n) is 6.75. The van der Waals surface area contributed by atoms with Crippen LogP contribution in [0.3, 0.4) is 0 Å². The highest BCUT2D eigenvalue weighted by Crippen LogP contribution is 2.17. The van der Waals surface area contributed by atoms with Crippen LogP contribution in [0.4, 0.5) is 4.79 Å². The van der Waals surface area contributed by atoms with Gasteiger partial charge in [-0.1, -0.05) is 0 Å². The predicted octanol–water partition coefficient (Wildman–Crippen LogP) is 1.59. The quantitative estimate of drug-likeness (QED) is 0.888. The van der Waals surface area contributed by atoms with E-state index in [1.807, 2.05) is 0 Å². The molecule has 1 aromatic carbocycles. The molecule has 7 nitrogen and oxygen atoms in total. The number of aromatic nitrogens is 2. The van der Waals surface area contributed by atoms with Gasteiger partial charge < -0.3 is 20.1 Å². The number of urea groups is 1. The lowest BCUT2D eigenvalue weighted by Crippen LogP contribution is -2.58. The van der Waals surface area contributed by atoms with E-state index in [1.165, 1.54) is 11.1 Å². The minimum Gasteiger partial charge on any atom is -0.342 e. The number of fused-ring (bicyclic) bond motifs is 1. The number of rotatable bonds is 3. The van der Waals surface area contributed by atoms with Crippen molar-refractivity contribution in [2.45, 2.75) is 33.2 Å². The molecule has 1 atom stereocenters. The van der Waals surface area contributed by atoms with Crippen LogP contribution >= 0.6 is 0 Å². The van der Waals surface area contributed by atoms with Gasteiger partial charge in [0.2, 0.25) is 5.91 Å². The van der Waals surface area contributed by atoms with Crippen molar-refractivity contribution in [3.63, 3.8) is 0 Å². The number of nitrogens with one attached hydrogen (secondary N) is 2. The molecule has 0 saturated carbocycles. The van der Waals surface area contributed by atoms with Crippen LogP contribution in [0.2, 0.25) is 0 Å². The normalized spacial score (nSPS) is 18.1. The Morgan fingerprint density at radius 1 is 1.32 bits per heavy atom. The lowest BCUT2D eigenvalue weighted by molar-refractivity contribution is -0.137. The second kappa shape index (κ2) is 6.74. The number of H-pyrrole nitrogens is 1. The number of aromatic amines is 1. The molecule has 1 aromatic heterocycles. The lowest BCUT2D eigenvalue weighted by Gasteiger charge is -2.37. The average Bonchev–Trinajstić information content (AvgIpc) is 2.94. The van der Waals surface area contributed by atoms with Gasteiger partial charge in [-0.2, -0.15) is 0 Å². The first-order chi connectivity index (χ1) is 11.9. The zero-order chi connectivity index (χ0) is 18.1. The summed E-state index contributed by atoms with van der Waals surface area (Å²) in [5.41, 5.74) is 4.41. The standard InChI is InChI=1S/C18H25N5O2/c1-11-9-14-15(10-12(11)2)21-16(20-14)5-6-19-18(25)23-8-7-22(4)17(24)13(23)3/h9-10,13H,5-8H2,1-4H3,(H,19,25)(H,20,21). The van der Waals surface area contributed by atoms with Crippen LogP contribution in [-0.2, 0) is 11.2 Å². The number of nitrogens with zero attached hydrogens (tertiary/aromatic N) is 3. The molecule has 1 saturated heterocycles. The third-order valence-electron chi connectivity index (χ3n) is 4.92. The minimum atomic E-state index is -0.420. The van der Waals surface area contributed by atoms with Gasteiger partial charge in [0.1, 0.15) is 11.9 Å². The maximum Gasteiger partial charge on any atom is 0.318 e. The highest BCUT2D eigenvalue weighted by molar-refractivity contribution is 5.87. The summed E-state index contributed by atoms with van der Waals surface area (Å²) in [6.45, 7) is 7.51. The third-order valence-corrected chi connectivity index (χ3v) is 4.92. The van der Waals surface area contributed by atoms with Crippen LogP contribution in [-0.4, -0.2) is 64.4 Å². The molecule has 0 radical (unpaired) electrons. The molecule has 25 heavy (non-hydrogen) atoms. The molecule has 1 unspecified atom stereocenters. The van der Waals surface area contributed by atoms with Crippen molar-refractivity contribution < 1.29 is 9.59 Å². The van der Waals surface area contributed by atoms with Crippen molar-refractivity contribution in [3.05, 3.63) is 29.1 Å². The van der Waals surface area contributed by atoms with Gasteiger partial charge in [0.15, 0.2) is 0 Å². The van der Waals surface area contributed by atoms with Crippen LogP contribution in [0.1, 0.15) is 23.9 Å². The van der Waals surface area contributed by atoms with Crippen molar-refractivity contribution in [2.24, 2.45) is 0 Å². The molecule has 2 N–H and O–H groups in total. The maximum absolute atomic E-state index is 12.3. The number of hydrogen-bond donors (Lipinski definition) is 2. The molecule has 1 fully saturated rings. The number of carbonyl (C=O) groups is 2. The van der Waals surface area contributed by atoms with Crippen molar-refractivity contribution in [3.8, 4) is 0 Å². The summed E-state index contributed by atoms with van der Waals surface area (Å²) in [6, 6.07) is 3.55. The number of aryl methyl sites for hydroxylation is 2. The van der Waals surface area contributed by atoms with Crippen molar-refractivity contribution in [1.29, 1.82) is 0 Å². The fraction of sp³-hybridized carbons (Fsp3) is 0.500. The minimum absolute atomic E-state index is 0.0237. The highest BCUT2D eigenvalue weighted by Gasteiger charge is 2.32. The van der Waals surface area contributed by atoms with Crippen molar-refractivity contribution in [1.82, 2.24) is 25.1 Å². The Labute approximate surface area is 147 Å². The van der Waals surface area contributed by atoms with Crippen LogP contribution in [0.5, 0.6) is 0 Å². The smallest absolute Gasteiger partial charge is 0.318 e. The van der Waals surface area contributed by atoms with E-state index in [4.69, 9.17) is 0 Å². The predicted molar refractivity (Wildman–Crippen MR) is 96.5 cm³/mol. The molecule has 134 valence electrons. The number of amides is 3. The second-order valence-corrected chi connectivity index (χ2v) is 6.75. The summed E-state index contributed by atoms with van der Waals surface area (Å²) in [6.07, 6.45) is 0.620. The van der Waals surface area contributed by atoms with Gasteiger partial charge in [-0.15, -0.1) is 0 Å². The summed E-state index contributed by atoms with van der Waals surface area (Å²) < 4.78 is 0. The van der Waals surface area contributed by atoms with Gasteiger partial charge in [-0.05, 0) is 44.0 Å². The molecule has 0 spiro atoms. The Morgan fingerprint density at radius 2 is 2.04 bits per heavy atom. The van der Waals surface area contributed by atoms with E-state index in [1.54, 1.807) is 23.8 Å². The van der Waals surface area contributed by atoms with Gasteiger partial charge in [-0.3, -0.25) is 4.79 Å². The first-order valence-corrected chi connectivity index (χ1v) is 8.62. The molecule has 1 aliphatic heterocycles. The van der Waals surface area contributed by atoms with Gasteiger partial charge in [0.05, 0.1) is 11.0 Å². The number of imidazole rings is 1. The highest BCUT2D eigenvalue weighted by atomic mass is 16.2. The van der Waals surface area contributed by atoms with Crippen molar-refractivity contribution >= 4 is 23.0 Å². The monoisotopic (exact) mass is 343 g/mol. The van der Waals surface area contributed by atoms with Crippen molar-refractivity contribution in [2.75, 3.05) is 26.7 Å². The van der Waals surface area contributed by atoms with Gasteiger partial charge in [0.25, 0.3) is 0 Å².